The van der Waals surface area contributed by atoms with Gasteiger partial charge in [0.25, 0.3) is 0 Å². The van der Waals surface area contributed by atoms with Gasteiger partial charge < -0.3 is 5.32 Å². The number of hydrogen-bond acceptors (Lipinski definition) is 3. The molecule has 1 aromatic rings. The molecule has 0 radical (unpaired) electrons. The van der Waals surface area contributed by atoms with Crippen LogP contribution in [-0.2, 0) is 9.59 Å². The number of nitrogens with zero attached hydrogens (tertiary/aromatic N) is 1. The van der Waals surface area contributed by atoms with Crippen LogP contribution in [0.15, 0.2) is 47.1 Å². The highest BCUT2D eigenvalue weighted by atomic mass is 16.2. The summed E-state index contributed by atoms with van der Waals surface area (Å²) in [6, 6.07) is 9.20. The summed E-state index contributed by atoms with van der Waals surface area (Å²) in [6.07, 6.45) is 5.65. The van der Waals surface area contributed by atoms with Crippen molar-refractivity contribution in [3.8, 4) is 0 Å². The van der Waals surface area contributed by atoms with Crippen molar-refractivity contribution in [1.29, 1.82) is 0 Å². The van der Waals surface area contributed by atoms with Gasteiger partial charge in [-0.25, -0.2) is 5.43 Å². The van der Waals surface area contributed by atoms with Gasteiger partial charge in [0.1, 0.15) is 0 Å². The molecule has 2 N–H and O–H groups in total. The first-order valence-electron chi connectivity index (χ1n) is 8.38. The molecule has 0 heterocycles. The van der Waals surface area contributed by atoms with E-state index in [4.69, 9.17) is 0 Å². The number of allylic oxidation sites excluding steroid dienone is 2. The van der Waals surface area contributed by atoms with E-state index in [0.717, 1.165) is 30.7 Å². The van der Waals surface area contributed by atoms with Crippen LogP contribution < -0.4 is 10.7 Å². The zero-order chi connectivity index (χ0) is 17.4. The van der Waals surface area contributed by atoms with Crippen molar-refractivity contribution in [2.75, 3.05) is 5.32 Å². The van der Waals surface area contributed by atoms with Crippen molar-refractivity contribution in [2.45, 2.75) is 46.0 Å². The minimum atomic E-state index is -0.236. The van der Waals surface area contributed by atoms with Crippen LogP contribution in [0, 0.1) is 5.92 Å². The molecule has 1 aliphatic carbocycles. The van der Waals surface area contributed by atoms with Crippen LogP contribution in [0.2, 0.25) is 0 Å². The molecule has 0 aromatic heterocycles. The Hall–Kier alpha value is -2.43. The van der Waals surface area contributed by atoms with Crippen molar-refractivity contribution in [2.24, 2.45) is 11.0 Å². The van der Waals surface area contributed by atoms with E-state index in [1.165, 1.54) is 5.57 Å². The van der Waals surface area contributed by atoms with Crippen molar-refractivity contribution in [1.82, 2.24) is 5.43 Å². The predicted octanol–water partition coefficient (Wildman–Crippen LogP) is 3.64. The molecule has 24 heavy (non-hydrogen) atoms. The van der Waals surface area contributed by atoms with Crippen LogP contribution in [0.25, 0.3) is 0 Å². The lowest BCUT2D eigenvalue weighted by molar-refractivity contribution is -0.124. The molecule has 0 saturated carbocycles. The van der Waals surface area contributed by atoms with Gasteiger partial charge in [-0.1, -0.05) is 29.8 Å². The molecule has 1 atom stereocenters. The van der Waals surface area contributed by atoms with Gasteiger partial charge in [-0.05, 0) is 45.2 Å². The smallest absolute Gasteiger partial charge is 0.240 e. The number of para-hydroxylation sites is 1. The molecule has 2 rings (SSSR count). The predicted molar refractivity (Wildman–Crippen MR) is 96.7 cm³/mol. The first kappa shape index (κ1) is 17.9. The number of carbonyl (C=O) groups is 2. The Morgan fingerprint density at radius 1 is 1.17 bits per heavy atom. The number of rotatable bonds is 6. The fourth-order valence-corrected chi connectivity index (χ4v) is 2.61. The number of benzene rings is 1. The van der Waals surface area contributed by atoms with Crippen LogP contribution in [0.5, 0.6) is 0 Å². The summed E-state index contributed by atoms with van der Waals surface area (Å²) in [4.78, 5) is 23.6. The minimum absolute atomic E-state index is 0.124. The van der Waals surface area contributed by atoms with Crippen LogP contribution in [0.1, 0.15) is 46.0 Å². The SMILES string of the molecule is CC1=CCC(C(C)=NNC(=O)CCC(=O)Nc2ccccc2)CC1. The van der Waals surface area contributed by atoms with Crippen LogP contribution >= 0.6 is 0 Å². The van der Waals surface area contributed by atoms with E-state index in [1.54, 1.807) is 0 Å². The summed E-state index contributed by atoms with van der Waals surface area (Å²) < 4.78 is 0. The second kappa shape index (κ2) is 9.01. The molecule has 128 valence electrons. The molecule has 1 aromatic carbocycles. The van der Waals surface area contributed by atoms with Crippen molar-refractivity contribution in [3.63, 3.8) is 0 Å². The van der Waals surface area contributed by atoms with E-state index in [1.807, 2.05) is 37.3 Å². The van der Waals surface area contributed by atoms with Gasteiger partial charge in [-0.3, -0.25) is 9.59 Å². The van der Waals surface area contributed by atoms with Crippen molar-refractivity contribution < 1.29 is 9.59 Å². The van der Waals surface area contributed by atoms with E-state index in [0.29, 0.717) is 5.92 Å². The molecule has 5 heteroatoms. The summed E-state index contributed by atoms with van der Waals surface area (Å²) in [7, 11) is 0. The van der Waals surface area contributed by atoms with Gasteiger partial charge >= 0.3 is 0 Å². The first-order chi connectivity index (χ1) is 11.5. The summed E-state index contributed by atoms with van der Waals surface area (Å²) in [6.45, 7) is 4.09. The van der Waals surface area contributed by atoms with E-state index in [9.17, 15) is 9.59 Å². The Kier molecular flexibility index (Phi) is 6.73. The molecule has 0 bridgehead atoms. The second-order valence-electron chi connectivity index (χ2n) is 6.22. The Balaban J connectivity index is 1.71. The number of hydrogen-bond donors (Lipinski definition) is 2. The second-order valence-corrected chi connectivity index (χ2v) is 6.22. The Bertz CT molecular complexity index is 635. The summed E-state index contributed by atoms with van der Waals surface area (Å²) in [5.41, 5.74) is 5.66. The van der Waals surface area contributed by atoms with Gasteiger partial charge in [0.05, 0.1) is 0 Å². The molecule has 0 aliphatic heterocycles. The number of carbonyl (C=O) groups excluding carboxylic acids is 2. The zero-order valence-corrected chi connectivity index (χ0v) is 14.3. The minimum Gasteiger partial charge on any atom is -0.326 e. The Morgan fingerprint density at radius 3 is 2.54 bits per heavy atom. The van der Waals surface area contributed by atoms with Gasteiger partial charge in [0.2, 0.25) is 11.8 Å². The third-order valence-electron chi connectivity index (χ3n) is 4.22. The van der Waals surface area contributed by atoms with Crippen molar-refractivity contribution >= 4 is 23.2 Å². The maximum Gasteiger partial charge on any atom is 0.240 e. The number of amides is 2. The van der Waals surface area contributed by atoms with E-state index < -0.39 is 0 Å². The summed E-state index contributed by atoms with van der Waals surface area (Å²) in [5.74, 6) is -0.0135. The normalized spacial score (nSPS) is 17.8. The monoisotopic (exact) mass is 327 g/mol. The lowest BCUT2D eigenvalue weighted by Crippen LogP contribution is -2.24. The molecule has 1 aliphatic rings. The molecule has 2 amide bonds. The third-order valence-corrected chi connectivity index (χ3v) is 4.22. The average Bonchev–Trinajstić information content (AvgIpc) is 2.59. The fourth-order valence-electron chi connectivity index (χ4n) is 2.61. The lowest BCUT2D eigenvalue weighted by atomic mass is 9.87. The Labute approximate surface area is 143 Å². The summed E-state index contributed by atoms with van der Waals surface area (Å²) in [5, 5.41) is 6.95. The molecule has 0 fully saturated rings. The molecule has 0 saturated heterocycles. The van der Waals surface area contributed by atoms with Gasteiger partial charge in [0.15, 0.2) is 0 Å². The maximum atomic E-state index is 11.8. The topological polar surface area (TPSA) is 70.6 Å². The molecule has 1 unspecified atom stereocenters. The van der Waals surface area contributed by atoms with E-state index in [2.05, 4.69) is 28.8 Å². The van der Waals surface area contributed by atoms with Crippen molar-refractivity contribution in [3.05, 3.63) is 42.0 Å². The quantitative estimate of drug-likeness (QED) is 0.476. The van der Waals surface area contributed by atoms with Gasteiger partial charge in [-0.15, -0.1) is 0 Å². The average molecular weight is 327 g/mol. The van der Waals surface area contributed by atoms with Gasteiger partial charge in [0, 0.05) is 30.2 Å². The highest BCUT2D eigenvalue weighted by Gasteiger charge is 2.15. The molecular weight excluding hydrogens is 302 g/mol. The van der Waals surface area contributed by atoms with Gasteiger partial charge in [-0.2, -0.15) is 5.10 Å². The van der Waals surface area contributed by atoms with Crippen LogP contribution in [0.3, 0.4) is 0 Å². The largest absolute Gasteiger partial charge is 0.326 e. The molecular formula is C19H25N3O2. The summed E-state index contributed by atoms with van der Waals surface area (Å²) >= 11 is 0. The number of nitrogens with one attached hydrogen (secondary N) is 2. The van der Waals surface area contributed by atoms with E-state index >= 15 is 0 Å². The fraction of sp³-hybridized carbons (Fsp3) is 0.421. The van der Waals surface area contributed by atoms with Crippen LogP contribution in [0.4, 0.5) is 5.69 Å². The maximum absolute atomic E-state index is 11.8. The standard InChI is InChI=1S/C19H25N3O2/c1-14-8-10-16(11-9-14)15(2)21-22-19(24)13-12-18(23)20-17-6-4-3-5-7-17/h3-8,16H,9-13H2,1-2H3,(H,20,23)(H,22,24). The molecule has 0 spiro atoms. The lowest BCUT2D eigenvalue weighted by Gasteiger charge is -2.19. The number of anilines is 1. The third kappa shape index (κ3) is 5.99. The first-order valence-corrected chi connectivity index (χ1v) is 8.38. The molecule has 5 nitrogen and oxygen atoms in total. The van der Waals surface area contributed by atoms with E-state index in [-0.39, 0.29) is 24.7 Å². The zero-order valence-electron chi connectivity index (χ0n) is 14.3. The number of hydrazone groups is 1. The Morgan fingerprint density at radius 2 is 1.88 bits per heavy atom. The van der Waals surface area contributed by atoms with Crippen LogP contribution in [-0.4, -0.2) is 17.5 Å². The highest BCUT2D eigenvalue weighted by Crippen LogP contribution is 2.24. The highest BCUT2D eigenvalue weighted by molar-refractivity contribution is 5.93.